The van der Waals surface area contributed by atoms with Crippen molar-refractivity contribution in [2.75, 3.05) is 12.8 Å². The molecule has 1 amide bonds. The summed E-state index contributed by atoms with van der Waals surface area (Å²) in [5.74, 6) is -0.0260. The Balaban J connectivity index is 2.16. The van der Waals surface area contributed by atoms with Gasteiger partial charge in [0.1, 0.15) is 0 Å². The van der Waals surface area contributed by atoms with Crippen LogP contribution in [0.4, 0.5) is 5.69 Å². The molecule has 3 nitrogen and oxygen atoms in total. The van der Waals surface area contributed by atoms with E-state index in [4.69, 9.17) is 17.3 Å². The van der Waals surface area contributed by atoms with Crippen LogP contribution in [0.25, 0.3) is 0 Å². The van der Waals surface area contributed by atoms with Gasteiger partial charge in [-0.25, -0.2) is 0 Å². The third-order valence-corrected chi connectivity index (χ3v) is 3.92. The molecule has 98 valence electrons. The Bertz CT molecular complexity index is 441. The van der Waals surface area contributed by atoms with Crippen LogP contribution in [-0.4, -0.2) is 23.9 Å². The van der Waals surface area contributed by atoms with Gasteiger partial charge in [0.05, 0.1) is 5.56 Å². The highest BCUT2D eigenvalue weighted by Crippen LogP contribution is 2.25. The first-order valence-electron chi connectivity index (χ1n) is 6.42. The molecule has 0 heterocycles. The van der Waals surface area contributed by atoms with Gasteiger partial charge in [-0.2, -0.15) is 0 Å². The number of halogens is 1. The van der Waals surface area contributed by atoms with Crippen molar-refractivity contribution in [3.8, 4) is 0 Å². The number of nitrogens with two attached hydrogens (primary N) is 1. The van der Waals surface area contributed by atoms with E-state index in [-0.39, 0.29) is 5.91 Å². The normalized spacial score (nSPS) is 16.6. The lowest BCUT2D eigenvalue weighted by molar-refractivity contribution is 0.0697. The van der Waals surface area contributed by atoms with Crippen molar-refractivity contribution in [3.63, 3.8) is 0 Å². The molecule has 1 saturated carbocycles. The van der Waals surface area contributed by atoms with Crippen LogP contribution in [0.3, 0.4) is 0 Å². The van der Waals surface area contributed by atoms with Gasteiger partial charge in [-0.1, -0.05) is 30.9 Å². The van der Waals surface area contributed by atoms with E-state index in [0.717, 1.165) is 12.8 Å². The standard InChI is InChI=1S/C14H19ClN2O/c1-17(11-5-3-2-4-6-11)14(18)12-9-10(15)7-8-13(12)16/h7-9,11H,2-6,16H2,1H3. The maximum atomic E-state index is 12.4. The third kappa shape index (κ3) is 2.78. The summed E-state index contributed by atoms with van der Waals surface area (Å²) in [6.07, 6.45) is 5.85. The van der Waals surface area contributed by atoms with Crippen LogP contribution in [0.15, 0.2) is 18.2 Å². The van der Waals surface area contributed by atoms with E-state index in [0.29, 0.717) is 22.3 Å². The Kier molecular flexibility index (Phi) is 4.12. The Morgan fingerprint density at radius 1 is 1.33 bits per heavy atom. The minimum absolute atomic E-state index is 0.0260. The van der Waals surface area contributed by atoms with Crippen molar-refractivity contribution >= 4 is 23.2 Å². The summed E-state index contributed by atoms with van der Waals surface area (Å²) in [6, 6.07) is 5.38. The number of amides is 1. The molecule has 2 N–H and O–H groups in total. The first-order chi connectivity index (χ1) is 8.59. The number of nitrogen functional groups attached to an aromatic ring is 1. The van der Waals surface area contributed by atoms with Gasteiger partial charge < -0.3 is 10.6 Å². The highest BCUT2D eigenvalue weighted by molar-refractivity contribution is 6.31. The predicted octanol–water partition coefficient (Wildman–Crippen LogP) is 3.33. The number of anilines is 1. The first-order valence-corrected chi connectivity index (χ1v) is 6.79. The zero-order chi connectivity index (χ0) is 13.1. The fourth-order valence-electron chi connectivity index (χ4n) is 2.54. The molecule has 0 atom stereocenters. The Hall–Kier alpha value is -1.22. The van der Waals surface area contributed by atoms with E-state index >= 15 is 0 Å². The lowest BCUT2D eigenvalue weighted by Gasteiger charge is -2.31. The average molecular weight is 267 g/mol. The second kappa shape index (κ2) is 5.61. The Labute approximate surface area is 113 Å². The highest BCUT2D eigenvalue weighted by atomic mass is 35.5. The molecule has 1 aliphatic carbocycles. The zero-order valence-corrected chi connectivity index (χ0v) is 11.4. The van der Waals surface area contributed by atoms with Crippen LogP contribution in [0.5, 0.6) is 0 Å². The maximum Gasteiger partial charge on any atom is 0.255 e. The van der Waals surface area contributed by atoms with Crippen molar-refractivity contribution in [1.82, 2.24) is 4.90 Å². The number of carbonyl (C=O) groups is 1. The summed E-state index contributed by atoms with van der Waals surface area (Å²) in [5, 5.41) is 0.546. The molecule has 1 fully saturated rings. The molecule has 0 spiro atoms. The predicted molar refractivity (Wildman–Crippen MR) is 74.8 cm³/mol. The van der Waals surface area contributed by atoms with Crippen molar-refractivity contribution in [3.05, 3.63) is 28.8 Å². The first kappa shape index (κ1) is 13.2. The fraction of sp³-hybridized carbons (Fsp3) is 0.500. The quantitative estimate of drug-likeness (QED) is 0.835. The number of hydrogen-bond donors (Lipinski definition) is 1. The third-order valence-electron chi connectivity index (χ3n) is 3.69. The van der Waals surface area contributed by atoms with Gasteiger partial charge in [0.15, 0.2) is 0 Å². The van der Waals surface area contributed by atoms with Gasteiger partial charge in [0.25, 0.3) is 5.91 Å². The van der Waals surface area contributed by atoms with Gasteiger partial charge in [-0.3, -0.25) is 4.79 Å². The Morgan fingerprint density at radius 2 is 2.00 bits per heavy atom. The summed E-state index contributed by atoms with van der Waals surface area (Å²) in [7, 11) is 1.86. The van der Waals surface area contributed by atoms with Crippen molar-refractivity contribution in [2.45, 2.75) is 38.1 Å². The molecule has 1 aliphatic rings. The van der Waals surface area contributed by atoms with Crippen LogP contribution in [0, 0.1) is 0 Å². The van der Waals surface area contributed by atoms with Crippen LogP contribution >= 0.6 is 11.6 Å². The number of carbonyl (C=O) groups excluding carboxylic acids is 1. The van der Waals surface area contributed by atoms with Crippen molar-refractivity contribution < 1.29 is 4.79 Å². The molecule has 0 radical (unpaired) electrons. The van der Waals surface area contributed by atoms with Gasteiger partial charge in [0.2, 0.25) is 0 Å². The molecule has 0 unspecified atom stereocenters. The van der Waals surface area contributed by atoms with Gasteiger partial charge in [0, 0.05) is 23.8 Å². The number of nitrogens with zero attached hydrogens (tertiary/aromatic N) is 1. The largest absolute Gasteiger partial charge is 0.398 e. The zero-order valence-electron chi connectivity index (χ0n) is 10.7. The van der Waals surface area contributed by atoms with E-state index in [1.807, 2.05) is 11.9 Å². The summed E-state index contributed by atoms with van der Waals surface area (Å²) < 4.78 is 0. The molecule has 0 bridgehead atoms. The summed E-state index contributed by atoms with van der Waals surface area (Å²) in [4.78, 5) is 14.2. The monoisotopic (exact) mass is 266 g/mol. The summed E-state index contributed by atoms with van der Waals surface area (Å²) in [5.41, 5.74) is 6.85. The van der Waals surface area contributed by atoms with E-state index in [1.165, 1.54) is 19.3 Å². The SMILES string of the molecule is CN(C(=O)c1cc(Cl)ccc1N)C1CCCCC1. The van der Waals surface area contributed by atoms with E-state index < -0.39 is 0 Å². The molecule has 2 rings (SSSR count). The van der Waals surface area contributed by atoms with Crippen LogP contribution < -0.4 is 5.73 Å². The molecular formula is C14H19ClN2O. The number of rotatable bonds is 2. The van der Waals surface area contributed by atoms with E-state index in [1.54, 1.807) is 18.2 Å². The maximum absolute atomic E-state index is 12.4. The summed E-state index contributed by atoms with van der Waals surface area (Å²) >= 11 is 5.93. The number of benzene rings is 1. The smallest absolute Gasteiger partial charge is 0.255 e. The topological polar surface area (TPSA) is 46.3 Å². The van der Waals surface area contributed by atoms with Crippen molar-refractivity contribution in [1.29, 1.82) is 0 Å². The minimum atomic E-state index is -0.0260. The second-order valence-electron chi connectivity index (χ2n) is 4.94. The molecule has 4 heteroatoms. The van der Waals surface area contributed by atoms with E-state index in [2.05, 4.69) is 0 Å². The summed E-state index contributed by atoms with van der Waals surface area (Å²) in [6.45, 7) is 0. The molecule has 0 aromatic heterocycles. The van der Waals surface area contributed by atoms with Crippen LogP contribution in [0.1, 0.15) is 42.5 Å². The minimum Gasteiger partial charge on any atom is -0.398 e. The molecule has 18 heavy (non-hydrogen) atoms. The highest BCUT2D eigenvalue weighted by Gasteiger charge is 2.24. The van der Waals surface area contributed by atoms with Gasteiger partial charge in [-0.05, 0) is 31.0 Å². The lowest BCUT2D eigenvalue weighted by Crippen LogP contribution is -2.38. The average Bonchev–Trinajstić information content (AvgIpc) is 2.41. The van der Waals surface area contributed by atoms with Crippen LogP contribution in [0.2, 0.25) is 5.02 Å². The molecule has 1 aromatic carbocycles. The van der Waals surface area contributed by atoms with E-state index in [9.17, 15) is 4.79 Å². The lowest BCUT2D eigenvalue weighted by atomic mass is 9.94. The molecule has 0 aliphatic heterocycles. The van der Waals surface area contributed by atoms with Gasteiger partial charge >= 0.3 is 0 Å². The fourth-order valence-corrected chi connectivity index (χ4v) is 2.71. The molecule has 0 saturated heterocycles. The molecule has 1 aromatic rings. The Morgan fingerprint density at radius 3 is 2.67 bits per heavy atom. The van der Waals surface area contributed by atoms with Gasteiger partial charge in [-0.15, -0.1) is 0 Å². The second-order valence-corrected chi connectivity index (χ2v) is 5.38. The van der Waals surface area contributed by atoms with Crippen molar-refractivity contribution in [2.24, 2.45) is 0 Å². The van der Waals surface area contributed by atoms with Crippen LogP contribution in [-0.2, 0) is 0 Å². The number of hydrogen-bond acceptors (Lipinski definition) is 2. The molecular weight excluding hydrogens is 248 g/mol.